The molecule has 2 heterocycles. The molecular formula is C11H18N2O. The fourth-order valence-electron chi connectivity index (χ4n) is 1.80. The zero-order valence-corrected chi connectivity index (χ0v) is 8.94. The summed E-state index contributed by atoms with van der Waals surface area (Å²) in [6.45, 7) is 6.15. The van der Waals surface area contributed by atoms with E-state index in [-0.39, 0.29) is 0 Å². The van der Waals surface area contributed by atoms with Gasteiger partial charge in [-0.05, 0) is 24.3 Å². The summed E-state index contributed by atoms with van der Waals surface area (Å²) < 4.78 is 7.44. The highest BCUT2D eigenvalue weighted by molar-refractivity contribution is 5.09. The second-order valence-corrected chi connectivity index (χ2v) is 4.25. The molecule has 0 aromatic carbocycles. The van der Waals surface area contributed by atoms with Gasteiger partial charge in [-0.15, -0.1) is 0 Å². The van der Waals surface area contributed by atoms with Gasteiger partial charge < -0.3 is 4.74 Å². The first-order valence-electron chi connectivity index (χ1n) is 5.39. The molecule has 0 N–H and O–H groups in total. The van der Waals surface area contributed by atoms with Crippen LogP contribution in [0, 0.1) is 0 Å². The van der Waals surface area contributed by atoms with Crippen molar-refractivity contribution in [3.63, 3.8) is 0 Å². The summed E-state index contributed by atoms with van der Waals surface area (Å²) in [7, 11) is 0. The third-order valence-corrected chi connectivity index (χ3v) is 2.85. The predicted molar refractivity (Wildman–Crippen MR) is 55.4 cm³/mol. The normalized spacial score (nSPS) is 19.1. The van der Waals surface area contributed by atoms with E-state index < -0.39 is 0 Å². The molecule has 14 heavy (non-hydrogen) atoms. The monoisotopic (exact) mass is 194 g/mol. The minimum absolute atomic E-state index is 0.552. The van der Waals surface area contributed by atoms with Gasteiger partial charge in [0, 0.05) is 19.4 Å². The fourth-order valence-corrected chi connectivity index (χ4v) is 1.80. The molecule has 0 amide bonds. The average Bonchev–Trinajstić information content (AvgIpc) is 2.68. The third-order valence-electron chi connectivity index (χ3n) is 2.85. The Kier molecular flexibility index (Phi) is 2.87. The van der Waals surface area contributed by atoms with Crippen molar-refractivity contribution in [2.45, 2.75) is 38.6 Å². The van der Waals surface area contributed by atoms with E-state index >= 15 is 0 Å². The molecule has 0 aliphatic carbocycles. The molecule has 3 heteroatoms. The SMILES string of the molecule is CC(C)c1cnn(C2CCOCC2)c1. The van der Waals surface area contributed by atoms with Crippen LogP contribution in [0.1, 0.15) is 44.2 Å². The van der Waals surface area contributed by atoms with Gasteiger partial charge in [0.05, 0.1) is 12.2 Å². The molecule has 0 bridgehead atoms. The Bertz CT molecular complexity index is 287. The third kappa shape index (κ3) is 1.98. The Morgan fingerprint density at radius 1 is 1.43 bits per heavy atom. The van der Waals surface area contributed by atoms with Crippen LogP contribution in [0.4, 0.5) is 0 Å². The highest BCUT2D eigenvalue weighted by Crippen LogP contribution is 2.22. The zero-order valence-electron chi connectivity index (χ0n) is 8.94. The van der Waals surface area contributed by atoms with Crippen molar-refractivity contribution >= 4 is 0 Å². The maximum Gasteiger partial charge on any atom is 0.0563 e. The van der Waals surface area contributed by atoms with Crippen molar-refractivity contribution in [3.8, 4) is 0 Å². The molecule has 1 fully saturated rings. The lowest BCUT2D eigenvalue weighted by Gasteiger charge is -2.22. The number of hydrogen-bond donors (Lipinski definition) is 0. The summed E-state index contributed by atoms with van der Waals surface area (Å²) in [6, 6.07) is 0.552. The Morgan fingerprint density at radius 2 is 2.14 bits per heavy atom. The maximum atomic E-state index is 5.33. The first-order valence-corrected chi connectivity index (χ1v) is 5.39. The average molecular weight is 194 g/mol. The summed E-state index contributed by atoms with van der Waals surface area (Å²) in [4.78, 5) is 0. The van der Waals surface area contributed by atoms with Crippen molar-refractivity contribution in [2.75, 3.05) is 13.2 Å². The molecule has 2 rings (SSSR count). The van der Waals surface area contributed by atoms with E-state index in [1.807, 2.05) is 6.20 Å². The van der Waals surface area contributed by atoms with E-state index in [9.17, 15) is 0 Å². The first kappa shape index (κ1) is 9.71. The van der Waals surface area contributed by atoms with Crippen LogP contribution in [0.25, 0.3) is 0 Å². The summed E-state index contributed by atoms with van der Waals surface area (Å²) >= 11 is 0. The van der Waals surface area contributed by atoms with E-state index in [2.05, 4.69) is 29.8 Å². The predicted octanol–water partition coefficient (Wildman–Crippen LogP) is 2.36. The van der Waals surface area contributed by atoms with Crippen molar-refractivity contribution in [2.24, 2.45) is 0 Å². The molecule has 0 atom stereocenters. The number of ether oxygens (including phenoxy) is 1. The molecular weight excluding hydrogens is 176 g/mol. The molecule has 3 nitrogen and oxygen atoms in total. The van der Waals surface area contributed by atoms with Crippen LogP contribution >= 0.6 is 0 Å². The summed E-state index contributed by atoms with van der Waals surface area (Å²) in [5.41, 5.74) is 1.33. The van der Waals surface area contributed by atoms with Gasteiger partial charge in [-0.25, -0.2) is 0 Å². The van der Waals surface area contributed by atoms with Gasteiger partial charge in [0.2, 0.25) is 0 Å². The Hall–Kier alpha value is -0.830. The molecule has 1 aliphatic rings. The second kappa shape index (κ2) is 4.13. The minimum atomic E-state index is 0.552. The topological polar surface area (TPSA) is 27.1 Å². The lowest BCUT2D eigenvalue weighted by Crippen LogP contribution is -2.19. The van der Waals surface area contributed by atoms with Crippen LogP contribution in [0.15, 0.2) is 12.4 Å². The lowest BCUT2D eigenvalue weighted by atomic mass is 10.1. The van der Waals surface area contributed by atoms with E-state index in [1.54, 1.807) is 0 Å². The number of nitrogens with zero attached hydrogens (tertiary/aromatic N) is 2. The summed E-state index contributed by atoms with van der Waals surface area (Å²) in [6.07, 6.45) is 6.36. The van der Waals surface area contributed by atoms with Crippen LogP contribution in [-0.4, -0.2) is 23.0 Å². The summed E-state index contributed by atoms with van der Waals surface area (Å²) in [5.74, 6) is 0.573. The molecule has 0 spiro atoms. The fraction of sp³-hybridized carbons (Fsp3) is 0.727. The highest BCUT2D eigenvalue weighted by Gasteiger charge is 2.16. The molecule has 0 radical (unpaired) electrons. The Labute approximate surface area is 85.1 Å². The van der Waals surface area contributed by atoms with Crippen LogP contribution in [0.5, 0.6) is 0 Å². The van der Waals surface area contributed by atoms with Gasteiger partial charge in [0.15, 0.2) is 0 Å². The second-order valence-electron chi connectivity index (χ2n) is 4.25. The molecule has 1 aromatic heterocycles. The van der Waals surface area contributed by atoms with Crippen LogP contribution in [-0.2, 0) is 4.74 Å². The van der Waals surface area contributed by atoms with Crippen LogP contribution < -0.4 is 0 Å². The van der Waals surface area contributed by atoms with Gasteiger partial charge in [-0.2, -0.15) is 5.10 Å². The van der Waals surface area contributed by atoms with E-state index in [1.165, 1.54) is 5.56 Å². The Balaban J connectivity index is 2.07. The zero-order chi connectivity index (χ0) is 9.97. The van der Waals surface area contributed by atoms with Crippen LogP contribution in [0.2, 0.25) is 0 Å². The largest absolute Gasteiger partial charge is 0.381 e. The van der Waals surface area contributed by atoms with Gasteiger partial charge in [-0.3, -0.25) is 4.68 Å². The maximum absolute atomic E-state index is 5.33. The van der Waals surface area contributed by atoms with Crippen molar-refractivity contribution in [1.82, 2.24) is 9.78 Å². The van der Waals surface area contributed by atoms with Gasteiger partial charge in [0.1, 0.15) is 0 Å². The molecule has 1 saturated heterocycles. The van der Waals surface area contributed by atoms with Gasteiger partial charge in [0.25, 0.3) is 0 Å². The highest BCUT2D eigenvalue weighted by atomic mass is 16.5. The van der Waals surface area contributed by atoms with E-state index in [0.29, 0.717) is 12.0 Å². The molecule has 78 valence electrons. The van der Waals surface area contributed by atoms with Gasteiger partial charge >= 0.3 is 0 Å². The molecule has 1 aliphatic heterocycles. The smallest absolute Gasteiger partial charge is 0.0563 e. The van der Waals surface area contributed by atoms with Crippen LogP contribution in [0.3, 0.4) is 0 Å². The van der Waals surface area contributed by atoms with Crippen molar-refractivity contribution in [1.29, 1.82) is 0 Å². The van der Waals surface area contributed by atoms with E-state index in [0.717, 1.165) is 26.1 Å². The quantitative estimate of drug-likeness (QED) is 0.722. The Morgan fingerprint density at radius 3 is 2.71 bits per heavy atom. The number of rotatable bonds is 2. The molecule has 0 unspecified atom stereocenters. The van der Waals surface area contributed by atoms with Crippen molar-refractivity contribution in [3.05, 3.63) is 18.0 Å². The number of aromatic nitrogens is 2. The molecule has 0 saturated carbocycles. The van der Waals surface area contributed by atoms with E-state index in [4.69, 9.17) is 4.74 Å². The molecule has 1 aromatic rings. The number of hydrogen-bond acceptors (Lipinski definition) is 2. The minimum Gasteiger partial charge on any atom is -0.381 e. The van der Waals surface area contributed by atoms with Crippen molar-refractivity contribution < 1.29 is 4.74 Å². The standard InChI is InChI=1S/C11H18N2O/c1-9(2)10-7-12-13(8-10)11-3-5-14-6-4-11/h7-9,11H,3-6H2,1-2H3. The first-order chi connectivity index (χ1) is 6.77. The van der Waals surface area contributed by atoms with Gasteiger partial charge in [-0.1, -0.05) is 13.8 Å². The lowest BCUT2D eigenvalue weighted by molar-refractivity contribution is 0.0662. The summed E-state index contributed by atoms with van der Waals surface area (Å²) in [5, 5.41) is 4.42.